The van der Waals surface area contributed by atoms with Crippen LogP contribution in [0.2, 0.25) is 0 Å². The van der Waals surface area contributed by atoms with Crippen LogP contribution in [0, 0.1) is 5.92 Å². The molecule has 0 amide bonds. The Morgan fingerprint density at radius 3 is 2.19 bits per heavy atom. The van der Waals surface area contributed by atoms with Gasteiger partial charge in [0.2, 0.25) is 0 Å². The lowest BCUT2D eigenvalue weighted by atomic mass is 10.1. The van der Waals surface area contributed by atoms with Crippen LogP contribution in [0.4, 0.5) is 0 Å². The van der Waals surface area contributed by atoms with E-state index in [4.69, 9.17) is 0 Å². The molecular formula is C18H38S3. The number of hydrogen-bond acceptors (Lipinski definition) is 3. The highest BCUT2D eigenvalue weighted by Gasteiger charge is 2.05. The number of thiol groups is 1. The molecule has 0 aromatic rings. The molecule has 0 saturated heterocycles. The molecule has 0 rings (SSSR count). The summed E-state index contributed by atoms with van der Waals surface area (Å²) in [5.41, 5.74) is 0. The zero-order valence-corrected chi connectivity index (χ0v) is 17.3. The fourth-order valence-corrected chi connectivity index (χ4v) is 4.93. The van der Waals surface area contributed by atoms with Gasteiger partial charge in [-0.15, -0.1) is 0 Å². The Labute approximate surface area is 148 Å². The molecule has 2 atom stereocenters. The molecule has 0 fully saturated rings. The second kappa shape index (κ2) is 15.9. The molecule has 128 valence electrons. The minimum atomic E-state index is 0.619. The van der Waals surface area contributed by atoms with Crippen molar-refractivity contribution in [1.82, 2.24) is 0 Å². The first-order valence-electron chi connectivity index (χ1n) is 9.01. The van der Waals surface area contributed by atoms with E-state index in [1.165, 1.54) is 68.6 Å². The normalized spacial score (nSPS) is 14.6. The van der Waals surface area contributed by atoms with E-state index in [1.54, 1.807) is 0 Å². The topological polar surface area (TPSA) is 0 Å². The fraction of sp³-hybridized carbons (Fsp3) is 1.00. The van der Waals surface area contributed by atoms with Crippen molar-refractivity contribution in [2.24, 2.45) is 5.92 Å². The predicted molar refractivity (Wildman–Crippen MR) is 109 cm³/mol. The summed E-state index contributed by atoms with van der Waals surface area (Å²) in [6, 6.07) is 0. The Bertz CT molecular complexity index is 205. The Hall–Kier alpha value is 1.05. The monoisotopic (exact) mass is 350 g/mol. The molecule has 0 spiro atoms. The Morgan fingerprint density at radius 2 is 1.57 bits per heavy atom. The quantitative estimate of drug-likeness (QED) is 0.251. The average Bonchev–Trinajstić information content (AvgIpc) is 2.50. The van der Waals surface area contributed by atoms with E-state index < -0.39 is 0 Å². The molecule has 0 bridgehead atoms. The van der Waals surface area contributed by atoms with Crippen molar-refractivity contribution in [3.8, 4) is 0 Å². The molecular weight excluding hydrogens is 312 g/mol. The molecule has 0 N–H and O–H groups in total. The van der Waals surface area contributed by atoms with Gasteiger partial charge in [-0.1, -0.05) is 47.0 Å². The third-order valence-corrected chi connectivity index (χ3v) is 7.45. The summed E-state index contributed by atoms with van der Waals surface area (Å²) in [4.78, 5) is 0. The summed E-state index contributed by atoms with van der Waals surface area (Å²) in [6.45, 7) is 9.28. The second-order valence-electron chi connectivity index (χ2n) is 6.14. The summed E-state index contributed by atoms with van der Waals surface area (Å²) >= 11 is 8.90. The van der Waals surface area contributed by atoms with E-state index in [0.717, 1.165) is 11.2 Å². The SMILES string of the molecule is CCC(S)CCCSC(C)CCCCSCC(CC)CC. The zero-order chi connectivity index (χ0) is 15.9. The standard InChI is InChI=1S/C18H38S3/c1-5-17(6-2)15-20-13-9-8-11-16(4)21-14-10-12-18(19)7-3/h16-19H,5-15H2,1-4H3. The maximum Gasteiger partial charge on any atom is 0.00187 e. The van der Waals surface area contributed by atoms with Crippen LogP contribution in [0.25, 0.3) is 0 Å². The number of unbranched alkanes of at least 4 members (excludes halogenated alkanes) is 1. The molecule has 0 saturated carbocycles. The molecule has 0 heterocycles. The summed E-state index contributed by atoms with van der Waals surface area (Å²) in [7, 11) is 0. The third kappa shape index (κ3) is 14.4. The summed E-state index contributed by atoms with van der Waals surface area (Å²) in [5, 5.41) is 1.46. The summed E-state index contributed by atoms with van der Waals surface area (Å²) in [6.07, 6.45) is 10.7. The molecule has 0 aromatic carbocycles. The minimum absolute atomic E-state index is 0.619. The second-order valence-corrected chi connectivity index (χ2v) is 9.57. The van der Waals surface area contributed by atoms with E-state index >= 15 is 0 Å². The van der Waals surface area contributed by atoms with Crippen molar-refractivity contribution in [2.45, 2.75) is 89.6 Å². The summed E-state index contributed by atoms with van der Waals surface area (Å²) in [5.74, 6) is 5.01. The van der Waals surface area contributed by atoms with Crippen LogP contribution >= 0.6 is 36.2 Å². The van der Waals surface area contributed by atoms with Crippen molar-refractivity contribution in [2.75, 3.05) is 17.3 Å². The highest BCUT2D eigenvalue weighted by Crippen LogP contribution is 2.21. The van der Waals surface area contributed by atoms with Crippen molar-refractivity contribution in [1.29, 1.82) is 0 Å². The Morgan fingerprint density at radius 1 is 0.857 bits per heavy atom. The molecule has 0 radical (unpaired) electrons. The molecule has 0 aliphatic rings. The van der Waals surface area contributed by atoms with Gasteiger partial charge in [-0.3, -0.25) is 0 Å². The van der Waals surface area contributed by atoms with E-state index in [9.17, 15) is 0 Å². The number of rotatable bonds is 15. The fourth-order valence-electron chi connectivity index (χ4n) is 2.30. The molecule has 0 nitrogen and oxygen atoms in total. The van der Waals surface area contributed by atoms with Crippen LogP contribution in [0.5, 0.6) is 0 Å². The van der Waals surface area contributed by atoms with E-state index in [2.05, 4.69) is 63.8 Å². The van der Waals surface area contributed by atoms with Crippen LogP contribution in [0.15, 0.2) is 0 Å². The third-order valence-electron chi connectivity index (χ3n) is 4.21. The lowest BCUT2D eigenvalue weighted by Gasteiger charge is -2.13. The Balaban J connectivity index is 3.32. The maximum atomic E-state index is 4.56. The van der Waals surface area contributed by atoms with Gasteiger partial charge in [0.25, 0.3) is 0 Å². The van der Waals surface area contributed by atoms with Crippen molar-refractivity contribution in [3.63, 3.8) is 0 Å². The largest absolute Gasteiger partial charge is 0.176 e. The van der Waals surface area contributed by atoms with Gasteiger partial charge < -0.3 is 0 Å². The first kappa shape index (κ1) is 22.1. The summed E-state index contributed by atoms with van der Waals surface area (Å²) < 4.78 is 0. The molecule has 3 heteroatoms. The van der Waals surface area contributed by atoms with Crippen molar-refractivity contribution in [3.05, 3.63) is 0 Å². The van der Waals surface area contributed by atoms with Gasteiger partial charge in [0, 0.05) is 10.5 Å². The lowest BCUT2D eigenvalue weighted by molar-refractivity contribution is 0.553. The highest BCUT2D eigenvalue weighted by molar-refractivity contribution is 7.99. The van der Waals surface area contributed by atoms with Gasteiger partial charge in [-0.25, -0.2) is 0 Å². The molecule has 21 heavy (non-hydrogen) atoms. The van der Waals surface area contributed by atoms with E-state index in [0.29, 0.717) is 5.25 Å². The molecule has 0 aromatic heterocycles. The molecule has 0 aliphatic heterocycles. The first-order valence-corrected chi connectivity index (χ1v) is 11.7. The van der Waals surface area contributed by atoms with Crippen molar-refractivity contribution < 1.29 is 0 Å². The van der Waals surface area contributed by atoms with Gasteiger partial charge in [0.15, 0.2) is 0 Å². The van der Waals surface area contributed by atoms with Crippen molar-refractivity contribution >= 4 is 36.2 Å². The Kier molecular flexibility index (Phi) is 16.7. The first-order chi connectivity index (χ1) is 10.1. The van der Waals surface area contributed by atoms with Gasteiger partial charge in [0.1, 0.15) is 0 Å². The minimum Gasteiger partial charge on any atom is -0.176 e. The maximum absolute atomic E-state index is 4.56. The van der Waals surface area contributed by atoms with Crippen LogP contribution in [0.3, 0.4) is 0 Å². The number of thioether (sulfide) groups is 2. The predicted octanol–water partition coefficient (Wildman–Crippen LogP) is 6.94. The lowest BCUT2D eigenvalue weighted by Crippen LogP contribution is -2.02. The van der Waals surface area contributed by atoms with Gasteiger partial charge in [-0.05, 0) is 55.3 Å². The highest BCUT2D eigenvalue weighted by atomic mass is 32.2. The van der Waals surface area contributed by atoms with Crippen LogP contribution in [0.1, 0.15) is 79.1 Å². The number of hydrogen-bond donors (Lipinski definition) is 1. The zero-order valence-electron chi connectivity index (χ0n) is 14.8. The van der Waals surface area contributed by atoms with Crippen LogP contribution in [-0.4, -0.2) is 27.8 Å². The van der Waals surface area contributed by atoms with E-state index in [1.807, 2.05) is 0 Å². The van der Waals surface area contributed by atoms with Gasteiger partial charge >= 0.3 is 0 Å². The smallest absolute Gasteiger partial charge is 0.00187 e. The molecule has 2 unspecified atom stereocenters. The van der Waals surface area contributed by atoms with Gasteiger partial charge in [-0.2, -0.15) is 36.2 Å². The van der Waals surface area contributed by atoms with Gasteiger partial charge in [0.05, 0.1) is 0 Å². The molecule has 0 aliphatic carbocycles. The van der Waals surface area contributed by atoms with Crippen LogP contribution in [-0.2, 0) is 0 Å². The van der Waals surface area contributed by atoms with Crippen LogP contribution < -0.4 is 0 Å². The average molecular weight is 351 g/mol. The van der Waals surface area contributed by atoms with E-state index in [-0.39, 0.29) is 0 Å².